The van der Waals surface area contributed by atoms with Gasteiger partial charge in [-0.3, -0.25) is 9.11 Å². The fourth-order valence-corrected chi connectivity index (χ4v) is 2.93. The Hall–Kier alpha value is -0.740. The number of likely N-dealkylation sites (N-methyl/N-ethyl adjacent to an activating group) is 1. The molecule has 0 aromatic heterocycles. The molecule has 4 heteroatoms. The van der Waals surface area contributed by atoms with Crippen LogP contribution in [0.4, 0.5) is 4.39 Å². The molecule has 3 atom stereocenters. The molecule has 0 aliphatic carbocycles. The molecule has 0 aliphatic rings. The van der Waals surface area contributed by atoms with E-state index in [1.165, 1.54) is 6.07 Å². The number of nitrogens with zero attached hydrogens (tertiary/aromatic N) is 1. The summed E-state index contributed by atoms with van der Waals surface area (Å²) in [5.74, 6) is 0.502. The van der Waals surface area contributed by atoms with Crippen LogP contribution in [0.2, 0.25) is 0 Å². The molecule has 1 rings (SSSR count). The molecule has 0 aliphatic heterocycles. The highest BCUT2D eigenvalue weighted by Gasteiger charge is 2.18. The smallest absolute Gasteiger partial charge is 0.126 e. The van der Waals surface area contributed by atoms with Crippen molar-refractivity contribution in [2.24, 2.45) is 0 Å². The van der Waals surface area contributed by atoms with Crippen LogP contribution in [0.25, 0.3) is 0 Å². The van der Waals surface area contributed by atoms with Crippen molar-refractivity contribution in [3.8, 4) is 0 Å². The Morgan fingerprint density at radius 1 is 1.28 bits per heavy atom. The molecule has 1 aromatic carbocycles. The van der Waals surface area contributed by atoms with E-state index in [9.17, 15) is 8.60 Å². The van der Waals surface area contributed by atoms with Gasteiger partial charge in [-0.15, -0.1) is 0 Å². The quantitative estimate of drug-likeness (QED) is 0.792. The highest BCUT2D eigenvalue weighted by atomic mass is 32.2. The maximum absolute atomic E-state index is 13.6. The lowest BCUT2D eigenvalue weighted by Gasteiger charge is -2.30. The second-order valence-electron chi connectivity index (χ2n) is 4.90. The van der Waals surface area contributed by atoms with Gasteiger partial charge in [0.25, 0.3) is 0 Å². The first-order chi connectivity index (χ1) is 8.41. The van der Waals surface area contributed by atoms with Crippen LogP contribution in [-0.4, -0.2) is 40.2 Å². The summed E-state index contributed by atoms with van der Waals surface area (Å²) in [4.78, 5) is 2.16. The highest BCUT2D eigenvalue weighted by molar-refractivity contribution is 7.84. The summed E-state index contributed by atoms with van der Waals surface area (Å²) in [6.07, 6.45) is 2.38. The van der Waals surface area contributed by atoms with Crippen LogP contribution in [-0.2, 0) is 17.2 Å². The molecule has 0 spiro atoms. The zero-order chi connectivity index (χ0) is 13.7. The van der Waals surface area contributed by atoms with E-state index in [4.69, 9.17) is 0 Å². The van der Waals surface area contributed by atoms with Gasteiger partial charge in [-0.2, -0.15) is 0 Å². The molecule has 0 saturated carbocycles. The lowest BCUT2D eigenvalue weighted by molar-refractivity contribution is 0.208. The average molecular weight is 271 g/mol. The van der Waals surface area contributed by atoms with E-state index in [0.29, 0.717) is 12.2 Å². The van der Waals surface area contributed by atoms with Crippen LogP contribution >= 0.6 is 0 Å². The predicted molar refractivity (Wildman–Crippen MR) is 75.7 cm³/mol. The SMILES string of the molecule is C[C@H](Cc1ccccc1F)N(C)[C@@H](C)C[S@@](C)=O. The summed E-state index contributed by atoms with van der Waals surface area (Å²) < 4.78 is 24.8. The molecule has 102 valence electrons. The van der Waals surface area contributed by atoms with E-state index in [0.717, 1.165) is 5.56 Å². The van der Waals surface area contributed by atoms with Crippen LogP contribution in [0.5, 0.6) is 0 Å². The van der Waals surface area contributed by atoms with Crippen molar-refractivity contribution in [3.63, 3.8) is 0 Å². The van der Waals surface area contributed by atoms with E-state index < -0.39 is 10.8 Å². The first kappa shape index (κ1) is 15.3. The largest absolute Gasteiger partial charge is 0.300 e. The second kappa shape index (κ2) is 7.00. The van der Waals surface area contributed by atoms with Gasteiger partial charge in [-0.05, 0) is 38.9 Å². The third-order valence-electron chi connectivity index (χ3n) is 3.34. The summed E-state index contributed by atoms with van der Waals surface area (Å²) in [5, 5.41) is 0. The predicted octanol–water partition coefficient (Wildman–Crippen LogP) is 2.46. The molecule has 0 radical (unpaired) electrons. The van der Waals surface area contributed by atoms with Gasteiger partial charge < -0.3 is 0 Å². The minimum Gasteiger partial charge on any atom is -0.300 e. The first-order valence-electron chi connectivity index (χ1n) is 6.17. The van der Waals surface area contributed by atoms with Crippen molar-refractivity contribution in [2.75, 3.05) is 19.1 Å². The fourth-order valence-electron chi connectivity index (χ4n) is 2.02. The van der Waals surface area contributed by atoms with E-state index in [1.807, 2.05) is 19.2 Å². The number of benzene rings is 1. The Morgan fingerprint density at radius 2 is 1.89 bits per heavy atom. The van der Waals surface area contributed by atoms with Crippen molar-refractivity contribution in [1.82, 2.24) is 4.90 Å². The van der Waals surface area contributed by atoms with Gasteiger partial charge in [0.15, 0.2) is 0 Å². The maximum Gasteiger partial charge on any atom is 0.126 e. The summed E-state index contributed by atoms with van der Waals surface area (Å²) in [6, 6.07) is 7.33. The minimum absolute atomic E-state index is 0.149. The van der Waals surface area contributed by atoms with Crippen LogP contribution < -0.4 is 0 Å². The zero-order valence-corrected chi connectivity index (χ0v) is 12.3. The molecule has 2 nitrogen and oxygen atoms in total. The van der Waals surface area contributed by atoms with Crippen LogP contribution in [0, 0.1) is 5.82 Å². The Kier molecular flexibility index (Phi) is 5.96. The van der Waals surface area contributed by atoms with Gasteiger partial charge >= 0.3 is 0 Å². The molecule has 18 heavy (non-hydrogen) atoms. The number of hydrogen-bond acceptors (Lipinski definition) is 2. The highest BCUT2D eigenvalue weighted by Crippen LogP contribution is 2.13. The van der Waals surface area contributed by atoms with Gasteiger partial charge in [-0.25, -0.2) is 4.39 Å². The first-order valence-corrected chi connectivity index (χ1v) is 7.90. The van der Waals surface area contributed by atoms with Crippen LogP contribution in [0.1, 0.15) is 19.4 Å². The third kappa shape index (κ3) is 4.50. The van der Waals surface area contributed by atoms with Crippen molar-refractivity contribution >= 4 is 10.8 Å². The summed E-state index contributed by atoms with van der Waals surface area (Å²) in [7, 11) is 1.20. The van der Waals surface area contributed by atoms with Crippen molar-refractivity contribution < 1.29 is 8.60 Å². The monoisotopic (exact) mass is 271 g/mol. The number of halogens is 1. The molecule has 0 unspecified atom stereocenters. The third-order valence-corrected chi connectivity index (χ3v) is 4.29. The topological polar surface area (TPSA) is 20.3 Å². The standard InChI is InChI=1S/C14H22FNOS/c1-11(16(3)12(2)10-18(4)17)9-13-7-5-6-8-14(13)15/h5-8,11-12H,9-10H2,1-4H3/t11-,12+,18-/m1/s1. The lowest BCUT2D eigenvalue weighted by Crippen LogP contribution is -2.41. The average Bonchev–Trinajstić information content (AvgIpc) is 2.30. The van der Waals surface area contributed by atoms with E-state index in [2.05, 4.69) is 18.7 Å². The molecular formula is C14H22FNOS. The Bertz CT molecular complexity index is 411. The second-order valence-corrected chi connectivity index (χ2v) is 6.38. The number of rotatable bonds is 6. The lowest BCUT2D eigenvalue weighted by atomic mass is 10.0. The number of hydrogen-bond donors (Lipinski definition) is 0. The molecule has 0 fully saturated rings. The summed E-state index contributed by atoms with van der Waals surface area (Å²) in [6.45, 7) is 4.13. The van der Waals surface area contributed by atoms with E-state index in [-0.39, 0.29) is 17.9 Å². The van der Waals surface area contributed by atoms with Gasteiger partial charge in [0.1, 0.15) is 5.82 Å². The van der Waals surface area contributed by atoms with Gasteiger partial charge in [-0.1, -0.05) is 18.2 Å². The van der Waals surface area contributed by atoms with E-state index >= 15 is 0 Å². The zero-order valence-electron chi connectivity index (χ0n) is 11.5. The van der Waals surface area contributed by atoms with Crippen molar-refractivity contribution in [3.05, 3.63) is 35.6 Å². The molecule has 0 amide bonds. The Balaban J connectivity index is 2.62. The Labute approximate surface area is 112 Å². The molecular weight excluding hydrogens is 249 g/mol. The van der Waals surface area contributed by atoms with Gasteiger partial charge in [0.05, 0.1) is 0 Å². The molecule has 0 heterocycles. The fraction of sp³-hybridized carbons (Fsp3) is 0.571. The van der Waals surface area contributed by atoms with Crippen molar-refractivity contribution in [2.45, 2.75) is 32.4 Å². The molecule has 0 bridgehead atoms. The van der Waals surface area contributed by atoms with Crippen LogP contribution in [0.15, 0.2) is 24.3 Å². The van der Waals surface area contributed by atoms with E-state index in [1.54, 1.807) is 12.3 Å². The molecule has 0 saturated heterocycles. The maximum atomic E-state index is 13.6. The normalized spacial score (nSPS) is 16.6. The molecule has 1 aromatic rings. The summed E-state index contributed by atoms with van der Waals surface area (Å²) >= 11 is 0. The summed E-state index contributed by atoms with van der Waals surface area (Å²) in [5.41, 5.74) is 0.738. The molecule has 0 N–H and O–H groups in total. The Morgan fingerprint density at radius 3 is 2.44 bits per heavy atom. The van der Waals surface area contributed by atoms with Gasteiger partial charge in [0.2, 0.25) is 0 Å². The van der Waals surface area contributed by atoms with Crippen molar-refractivity contribution in [1.29, 1.82) is 0 Å². The van der Waals surface area contributed by atoms with Gasteiger partial charge in [0, 0.05) is 34.9 Å². The van der Waals surface area contributed by atoms with Crippen LogP contribution in [0.3, 0.4) is 0 Å². The minimum atomic E-state index is -0.799.